The molecule has 2 N–H and O–H groups in total. The number of sulfonamides is 1. The summed E-state index contributed by atoms with van der Waals surface area (Å²) in [7, 11) is -3.46. The van der Waals surface area contributed by atoms with Gasteiger partial charge in [-0.1, -0.05) is 42.8 Å². The maximum atomic E-state index is 11.9. The van der Waals surface area contributed by atoms with Gasteiger partial charge in [0.2, 0.25) is 15.9 Å². The van der Waals surface area contributed by atoms with E-state index in [1.165, 1.54) is 18.2 Å². The summed E-state index contributed by atoms with van der Waals surface area (Å²) in [6, 6.07) is 13.8. The van der Waals surface area contributed by atoms with Gasteiger partial charge in [0.1, 0.15) is 0 Å². The first-order valence-electron chi connectivity index (χ1n) is 8.21. The van der Waals surface area contributed by atoms with E-state index in [0.29, 0.717) is 24.5 Å². The van der Waals surface area contributed by atoms with E-state index < -0.39 is 10.0 Å². The highest BCUT2D eigenvalue weighted by Crippen LogP contribution is 2.12. The van der Waals surface area contributed by atoms with Gasteiger partial charge in [0.25, 0.3) is 0 Å². The second-order valence-electron chi connectivity index (χ2n) is 5.57. The number of hydrogen-bond donors (Lipinski definition) is 2. The van der Waals surface area contributed by atoms with Crippen LogP contribution in [0, 0.1) is 0 Å². The van der Waals surface area contributed by atoms with Crippen LogP contribution in [0.4, 0.5) is 0 Å². The summed E-state index contributed by atoms with van der Waals surface area (Å²) in [5.74, 6) is -0.205. The van der Waals surface area contributed by atoms with E-state index in [-0.39, 0.29) is 10.8 Å². The number of carbonyl (C=O) groups excluding carboxylic acids is 1. The molecule has 0 aliphatic heterocycles. The average Bonchev–Trinajstić information content (AvgIpc) is 2.62. The molecule has 0 heterocycles. The monoisotopic (exact) mass is 392 g/mol. The van der Waals surface area contributed by atoms with E-state index in [0.717, 1.165) is 11.1 Å². The molecule has 2 aromatic carbocycles. The molecule has 0 saturated carbocycles. The van der Waals surface area contributed by atoms with E-state index in [9.17, 15) is 13.2 Å². The Balaban J connectivity index is 1.84. The van der Waals surface area contributed by atoms with E-state index in [1.807, 2.05) is 24.3 Å². The van der Waals surface area contributed by atoms with E-state index in [4.69, 9.17) is 11.6 Å². The van der Waals surface area contributed by atoms with Crippen LogP contribution in [0.2, 0.25) is 5.02 Å². The average molecular weight is 393 g/mol. The van der Waals surface area contributed by atoms with Crippen molar-refractivity contribution in [3.05, 3.63) is 70.8 Å². The maximum absolute atomic E-state index is 11.9. The molecule has 138 valence electrons. The van der Waals surface area contributed by atoms with Gasteiger partial charge in [0, 0.05) is 24.2 Å². The van der Waals surface area contributed by atoms with Crippen LogP contribution in [0.25, 0.3) is 6.08 Å². The van der Waals surface area contributed by atoms with Gasteiger partial charge >= 0.3 is 0 Å². The fourth-order valence-corrected chi connectivity index (χ4v) is 3.41. The second kappa shape index (κ2) is 9.52. The quantitative estimate of drug-likeness (QED) is 0.678. The molecule has 2 rings (SSSR count). The molecule has 1 amide bonds. The molecule has 0 unspecified atom stereocenters. The number of benzene rings is 2. The normalized spacial score (nSPS) is 11.6. The molecule has 0 spiro atoms. The Labute approximate surface area is 159 Å². The fourth-order valence-electron chi connectivity index (χ4n) is 2.24. The Bertz CT molecular complexity index is 861. The number of halogens is 1. The molecule has 2 aromatic rings. The Kier molecular flexibility index (Phi) is 7.38. The molecule has 0 bridgehead atoms. The standard InChI is InChI=1S/C19H21ClN2O3S/c1-2-22-26(24,25)18-10-5-15(6-11-18)7-12-19(23)21-14-13-16-3-8-17(20)9-4-16/h3-12,22H,2,13-14H2,1H3,(H,21,23)/b12-7+. The van der Waals surface area contributed by atoms with Crippen LogP contribution in [-0.2, 0) is 21.2 Å². The molecule has 0 atom stereocenters. The van der Waals surface area contributed by atoms with E-state index >= 15 is 0 Å². The Morgan fingerprint density at radius 1 is 1.08 bits per heavy atom. The minimum absolute atomic E-state index is 0.198. The van der Waals surface area contributed by atoms with Gasteiger partial charge in [0.05, 0.1) is 4.90 Å². The predicted octanol–water partition coefficient (Wildman–Crippen LogP) is 3.01. The number of rotatable bonds is 8. The minimum atomic E-state index is -3.46. The molecular weight excluding hydrogens is 372 g/mol. The topological polar surface area (TPSA) is 75.3 Å². The van der Waals surface area contributed by atoms with Crippen LogP contribution in [0.1, 0.15) is 18.1 Å². The Morgan fingerprint density at radius 2 is 1.73 bits per heavy atom. The molecule has 0 aliphatic rings. The minimum Gasteiger partial charge on any atom is -0.352 e. The van der Waals surface area contributed by atoms with Gasteiger partial charge in [-0.25, -0.2) is 13.1 Å². The summed E-state index contributed by atoms with van der Waals surface area (Å²) < 4.78 is 26.2. The van der Waals surface area contributed by atoms with Crippen LogP contribution in [0.3, 0.4) is 0 Å². The first-order valence-corrected chi connectivity index (χ1v) is 10.1. The maximum Gasteiger partial charge on any atom is 0.244 e. The number of hydrogen-bond acceptors (Lipinski definition) is 3. The van der Waals surface area contributed by atoms with Gasteiger partial charge in [-0.05, 0) is 47.9 Å². The highest BCUT2D eigenvalue weighted by Gasteiger charge is 2.11. The molecule has 26 heavy (non-hydrogen) atoms. The van der Waals surface area contributed by atoms with E-state index in [2.05, 4.69) is 10.0 Å². The van der Waals surface area contributed by atoms with Crippen molar-refractivity contribution in [1.82, 2.24) is 10.0 Å². The third-order valence-corrected chi connectivity index (χ3v) is 5.39. The molecule has 0 radical (unpaired) electrons. The van der Waals surface area contributed by atoms with Gasteiger partial charge in [0.15, 0.2) is 0 Å². The molecule has 0 fully saturated rings. The van der Waals surface area contributed by atoms with Crippen molar-refractivity contribution >= 4 is 33.6 Å². The fraction of sp³-hybridized carbons (Fsp3) is 0.211. The molecular formula is C19H21ClN2O3S. The third-order valence-electron chi connectivity index (χ3n) is 3.58. The van der Waals surface area contributed by atoms with Crippen LogP contribution in [0.5, 0.6) is 0 Å². The highest BCUT2D eigenvalue weighted by molar-refractivity contribution is 7.89. The molecule has 0 aliphatic carbocycles. The van der Waals surface area contributed by atoms with Crippen LogP contribution in [0.15, 0.2) is 59.5 Å². The van der Waals surface area contributed by atoms with Crippen molar-refractivity contribution < 1.29 is 13.2 Å². The molecule has 7 heteroatoms. The summed E-state index contributed by atoms with van der Waals surface area (Å²) in [6.07, 6.45) is 3.78. The summed E-state index contributed by atoms with van der Waals surface area (Å²) >= 11 is 5.83. The van der Waals surface area contributed by atoms with Crippen LogP contribution < -0.4 is 10.0 Å². The molecule has 5 nitrogen and oxygen atoms in total. The summed E-state index contributed by atoms with van der Waals surface area (Å²) in [6.45, 7) is 2.57. The number of amides is 1. The van der Waals surface area contributed by atoms with Gasteiger partial charge in [-0.15, -0.1) is 0 Å². The zero-order chi connectivity index (χ0) is 19.0. The Hall–Kier alpha value is -2.15. The highest BCUT2D eigenvalue weighted by atomic mass is 35.5. The number of nitrogens with one attached hydrogen (secondary N) is 2. The van der Waals surface area contributed by atoms with E-state index in [1.54, 1.807) is 25.1 Å². The van der Waals surface area contributed by atoms with Crippen LogP contribution >= 0.6 is 11.6 Å². The van der Waals surface area contributed by atoms with Crippen molar-refractivity contribution in [1.29, 1.82) is 0 Å². The lowest BCUT2D eigenvalue weighted by molar-refractivity contribution is -0.116. The lowest BCUT2D eigenvalue weighted by atomic mass is 10.1. The van der Waals surface area contributed by atoms with Crippen molar-refractivity contribution in [2.75, 3.05) is 13.1 Å². The number of carbonyl (C=O) groups is 1. The first-order chi connectivity index (χ1) is 12.4. The zero-order valence-electron chi connectivity index (χ0n) is 14.4. The van der Waals surface area contributed by atoms with Gasteiger partial charge in [-0.2, -0.15) is 0 Å². The van der Waals surface area contributed by atoms with Crippen molar-refractivity contribution in [2.45, 2.75) is 18.2 Å². The summed E-state index contributed by atoms with van der Waals surface area (Å²) in [4.78, 5) is 12.0. The lowest BCUT2D eigenvalue weighted by Gasteiger charge is -2.04. The largest absolute Gasteiger partial charge is 0.352 e. The van der Waals surface area contributed by atoms with Gasteiger partial charge in [-0.3, -0.25) is 4.79 Å². The summed E-state index contributed by atoms with van der Waals surface area (Å²) in [5, 5.41) is 3.49. The van der Waals surface area contributed by atoms with Crippen molar-refractivity contribution in [3.8, 4) is 0 Å². The summed E-state index contributed by atoms with van der Waals surface area (Å²) in [5.41, 5.74) is 1.84. The molecule has 0 aromatic heterocycles. The van der Waals surface area contributed by atoms with Crippen molar-refractivity contribution in [2.24, 2.45) is 0 Å². The van der Waals surface area contributed by atoms with Crippen molar-refractivity contribution in [3.63, 3.8) is 0 Å². The molecule has 0 saturated heterocycles. The van der Waals surface area contributed by atoms with Gasteiger partial charge < -0.3 is 5.32 Å². The third kappa shape index (κ3) is 6.29. The Morgan fingerprint density at radius 3 is 2.35 bits per heavy atom. The zero-order valence-corrected chi connectivity index (χ0v) is 16.0. The lowest BCUT2D eigenvalue weighted by Crippen LogP contribution is -2.23. The SMILES string of the molecule is CCNS(=O)(=O)c1ccc(/C=C/C(=O)NCCc2ccc(Cl)cc2)cc1. The first kappa shape index (κ1) is 20.2. The second-order valence-corrected chi connectivity index (χ2v) is 7.77. The predicted molar refractivity (Wildman–Crippen MR) is 105 cm³/mol. The van der Waals surface area contributed by atoms with Crippen LogP contribution in [-0.4, -0.2) is 27.4 Å². The smallest absolute Gasteiger partial charge is 0.244 e.